The number of rotatable bonds is 11. The summed E-state index contributed by atoms with van der Waals surface area (Å²) in [5.41, 5.74) is 2.74. The van der Waals surface area contributed by atoms with Crippen molar-refractivity contribution < 1.29 is 19.3 Å². The number of nitrogens with zero attached hydrogens (tertiary/aromatic N) is 2. The number of likely N-dealkylation sites (N-methyl/N-ethyl adjacent to an activating group) is 1. The molecule has 0 amide bonds. The van der Waals surface area contributed by atoms with Gasteiger partial charge in [-0.05, 0) is 48.7 Å². The quantitative estimate of drug-likeness (QED) is 0.266. The predicted octanol–water partition coefficient (Wildman–Crippen LogP) is 5.74. The molecule has 2 N–H and O–H groups in total. The van der Waals surface area contributed by atoms with Gasteiger partial charge in [-0.3, -0.25) is 0 Å². The molecule has 184 valence electrons. The van der Waals surface area contributed by atoms with E-state index in [-0.39, 0.29) is 6.61 Å². The molecule has 2 aromatic carbocycles. The number of aromatic amines is 1. The smallest absolute Gasteiger partial charge is 0.162 e. The van der Waals surface area contributed by atoms with E-state index in [0.717, 1.165) is 27.6 Å². The standard InChI is InChI=1S/C26H28ClN3O4S/c1-4-30(18-8-10-23(32-2)24(13-18)33-3)15-19(31)16-34-22-9-7-17(12-20(22)27)26-28-14-21(29-26)25-6-5-11-35-25/h5-14,19,31H,4,15-16H2,1-3H3,(H,28,29)/t19-/m0/s1. The molecule has 0 aliphatic heterocycles. The Balaban J connectivity index is 1.37. The number of halogens is 1. The van der Waals surface area contributed by atoms with Gasteiger partial charge < -0.3 is 29.2 Å². The van der Waals surface area contributed by atoms with Crippen molar-refractivity contribution in [3.05, 3.63) is 65.1 Å². The van der Waals surface area contributed by atoms with E-state index < -0.39 is 6.10 Å². The molecule has 35 heavy (non-hydrogen) atoms. The molecule has 1 atom stereocenters. The molecule has 4 aromatic rings. The summed E-state index contributed by atoms with van der Waals surface area (Å²) in [4.78, 5) is 11.0. The van der Waals surface area contributed by atoms with Crippen LogP contribution in [0.25, 0.3) is 22.0 Å². The number of aliphatic hydroxyl groups excluding tert-OH is 1. The minimum Gasteiger partial charge on any atom is -0.493 e. The fourth-order valence-corrected chi connectivity index (χ4v) is 4.65. The van der Waals surface area contributed by atoms with Gasteiger partial charge in [0, 0.05) is 30.4 Å². The van der Waals surface area contributed by atoms with E-state index in [1.165, 1.54) is 0 Å². The summed E-state index contributed by atoms with van der Waals surface area (Å²) >= 11 is 8.13. The Hall–Kier alpha value is -3.20. The van der Waals surface area contributed by atoms with Crippen LogP contribution in [0.1, 0.15) is 6.92 Å². The number of benzene rings is 2. The average Bonchev–Trinajstić information content (AvgIpc) is 3.58. The highest BCUT2D eigenvalue weighted by molar-refractivity contribution is 7.13. The normalized spacial score (nSPS) is 11.8. The van der Waals surface area contributed by atoms with Crippen LogP contribution in [0.2, 0.25) is 5.02 Å². The van der Waals surface area contributed by atoms with Crippen LogP contribution in [0.3, 0.4) is 0 Å². The van der Waals surface area contributed by atoms with Crippen LogP contribution in [-0.4, -0.2) is 55.1 Å². The van der Waals surface area contributed by atoms with E-state index in [4.69, 9.17) is 25.8 Å². The summed E-state index contributed by atoms with van der Waals surface area (Å²) in [6.45, 7) is 3.22. The zero-order chi connectivity index (χ0) is 24.8. The average molecular weight is 514 g/mol. The number of H-pyrrole nitrogens is 1. The lowest BCUT2D eigenvalue weighted by molar-refractivity contribution is 0.112. The van der Waals surface area contributed by atoms with Crippen LogP contribution in [0.5, 0.6) is 17.2 Å². The molecular weight excluding hydrogens is 486 g/mol. The van der Waals surface area contributed by atoms with E-state index in [1.807, 2.05) is 65.9 Å². The first-order valence-corrected chi connectivity index (χ1v) is 12.4. The molecule has 0 aliphatic carbocycles. The minimum atomic E-state index is -0.725. The maximum absolute atomic E-state index is 10.6. The first-order valence-electron chi connectivity index (χ1n) is 11.2. The topological polar surface area (TPSA) is 79.8 Å². The highest BCUT2D eigenvalue weighted by Crippen LogP contribution is 2.33. The Bertz CT molecular complexity index is 1250. The molecule has 2 aromatic heterocycles. The fraction of sp³-hybridized carbons (Fsp3) is 0.269. The highest BCUT2D eigenvalue weighted by atomic mass is 35.5. The third-order valence-electron chi connectivity index (χ3n) is 5.54. The molecule has 0 saturated heterocycles. The number of aromatic nitrogens is 2. The van der Waals surface area contributed by atoms with Crippen molar-refractivity contribution >= 4 is 28.6 Å². The first kappa shape index (κ1) is 24.9. The van der Waals surface area contributed by atoms with E-state index in [0.29, 0.717) is 35.4 Å². The van der Waals surface area contributed by atoms with Crippen LogP contribution < -0.4 is 19.1 Å². The maximum Gasteiger partial charge on any atom is 0.162 e. The number of hydrogen-bond acceptors (Lipinski definition) is 7. The van der Waals surface area contributed by atoms with E-state index in [1.54, 1.807) is 31.6 Å². The molecule has 0 radical (unpaired) electrons. The van der Waals surface area contributed by atoms with Crippen LogP contribution in [0, 0.1) is 0 Å². The van der Waals surface area contributed by atoms with Gasteiger partial charge in [0.1, 0.15) is 24.3 Å². The summed E-state index contributed by atoms with van der Waals surface area (Å²) in [5.74, 6) is 2.54. The largest absolute Gasteiger partial charge is 0.493 e. The molecule has 4 rings (SSSR count). The molecular formula is C26H28ClN3O4S. The third kappa shape index (κ3) is 5.90. The Kier molecular flexibility index (Phi) is 8.17. The van der Waals surface area contributed by atoms with E-state index in [9.17, 15) is 5.11 Å². The number of anilines is 1. The van der Waals surface area contributed by atoms with Gasteiger partial charge in [-0.1, -0.05) is 17.7 Å². The third-order valence-corrected chi connectivity index (χ3v) is 6.74. The van der Waals surface area contributed by atoms with Gasteiger partial charge in [0.05, 0.1) is 36.0 Å². The lowest BCUT2D eigenvalue weighted by atomic mass is 10.2. The number of ether oxygens (including phenoxy) is 3. The van der Waals surface area contributed by atoms with Crippen LogP contribution in [-0.2, 0) is 0 Å². The van der Waals surface area contributed by atoms with Gasteiger partial charge in [0.15, 0.2) is 11.5 Å². The second kappa shape index (κ2) is 11.5. The molecule has 2 heterocycles. The Labute approximate surface area is 213 Å². The van der Waals surface area contributed by atoms with Crippen molar-refractivity contribution in [1.82, 2.24) is 9.97 Å². The van der Waals surface area contributed by atoms with Gasteiger partial charge >= 0.3 is 0 Å². The van der Waals surface area contributed by atoms with Gasteiger partial charge in [-0.15, -0.1) is 11.3 Å². The van der Waals surface area contributed by atoms with Crippen LogP contribution in [0.4, 0.5) is 5.69 Å². The number of imidazole rings is 1. The molecule has 7 nitrogen and oxygen atoms in total. The molecule has 0 spiro atoms. The minimum absolute atomic E-state index is 0.103. The second-order valence-electron chi connectivity index (χ2n) is 7.81. The number of aliphatic hydroxyl groups is 1. The van der Waals surface area contributed by atoms with Gasteiger partial charge in [-0.25, -0.2) is 4.98 Å². The van der Waals surface area contributed by atoms with Gasteiger partial charge in [0.2, 0.25) is 0 Å². The van der Waals surface area contributed by atoms with Crippen LogP contribution >= 0.6 is 22.9 Å². The van der Waals surface area contributed by atoms with Crippen LogP contribution in [0.15, 0.2) is 60.1 Å². The van der Waals surface area contributed by atoms with Crippen molar-refractivity contribution in [3.8, 4) is 39.2 Å². The summed E-state index contributed by atoms with van der Waals surface area (Å²) in [6, 6.07) is 15.2. The highest BCUT2D eigenvalue weighted by Gasteiger charge is 2.16. The Morgan fingerprint density at radius 3 is 2.57 bits per heavy atom. The van der Waals surface area contributed by atoms with E-state index >= 15 is 0 Å². The second-order valence-corrected chi connectivity index (χ2v) is 9.17. The molecule has 0 aliphatic rings. The van der Waals surface area contributed by atoms with Crippen molar-refractivity contribution in [2.45, 2.75) is 13.0 Å². The predicted molar refractivity (Wildman–Crippen MR) is 141 cm³/mol. The van der Waals surface area contributed by atoms with Gasteiger partial charge in [0.25, 0.3) is 0 Å². The molecule has 0 saturated carbocycles. The Morgan fingerprint density at radius 2 is 1.89 bits per heavy atom. The van der Waals surface area contributed by atoms with E-state index in [2.05, 4.69) is 9.97 Å². The molecule has 0 fully saturated rings. The number of methoxy groups -OCH3 is 2. The first-order chi connectivity index (χ1) is 17.0. The molecule has 9 heteroatoms. The molecule has 0 bridgehead atoms. The van der Waals surface area contributed by atoms with Crippen molar-refractivity contribution in [2.24, 2.45) is 0 Å². The number of nitrogens with one attached hydrogen (secondary N) is 1. The lowest BCUT2D eigenvalue weighted by Gasteiger charge is -2.26. The lowest BCUT2D eigenvalue weighted by Crippen LogP contribution is -2.35. The van der Waals surface area contributed by atoms with Crippen molar-refractivity contribution in [2.75, 3.05) is 38.8 Å². The summed E-state index contributed by atoms with van der Waals surface area (Å²) in [7, 11) is 3.20. The number of hydrogen-bond donors (Lipinski definition) is 2. The Morgan fingerprint density at radius 1 is 1.09 bits per heavy atom. The monoisotopic (exact) mass is 513 g/mol. The maximum atomic E-state index is 10.6. The zero-order valence-corrected chi connectivity index (χ0v) is 21.4. The number of thiophene rings is 1. The van der Waals surface area contributed by atoms with Crippen molar-refractivity contribution in [1.29, 1.82) is 0 Å². The summed E-state index contributed by atoms with van der Waals surface area (Å²) in [6.07, 6.45) is 1.09. The fourth-order valence-electron chi connectivity index (χ4n) is 3.72. The summed E-state index contributed by atoms with van der Waals surface area (Å²) < 4.78 is 16.5. The SMILES string of the molecule is CCN(C[C@H](O)COc1ccc(-c2ncc(-c3cccs3)[nH]2)cc1Cl)c1ccc(OC)c(OC)c1. The van der Waals surface area contributed by atoms with Crippen molar-refractivity contribution in [3.63, 3.8) is 0 Å². The zero-order valence-electron chi connectivity index (χ0n) is 19.8. The summed E-state index contributed by atoms with van der Waals surface area (Å²) in [5, 5.41) is 13.1. The molecule has 0 unspecified atom stereocenters. The van der Waals surface area contributed by atoms with Gasteiger partial charge in [-0.2, -0.15) is 0 Å².